The van der Waals surface area contributed by atoms with Crippen LogP contribution in [0.25, 0.3) is 10.9 Å². The van der Waals surface area contributed by atoms with Crippen molar-refractivity contribution >= 4 is 16.8 Å². The fourth-order valence-electron chi connectivity index (χ4n) is 2.36. The number of nitrogens with one attached hydrogen (secondary N) is 2. The number of methoxy groups -OCH3 is 1. The zero-order valence-corrected chi connectivity index (χ0v) is 11.9. The highest BCUT2D eigenvalue weighted by atomic mass is 19.1. The average molecular weight is 278 g/mol. The first-order valence-electron chi connectivity index (χ1n) is 6.56. The number of hydrogen-bond acceptors (Lipinski definition) is 2. The number of rotatable bonds is 5. The molecule has 108 valence electrons. The van der Waals surface area contributed by atoms with Gasteiger partial charge in [-0.15, -0.1) is 0 Å². The molecule has 0 aliphatic rings. The third-order valence-electron chi connectivity index (χ3n) is 3.24. The van der Waals surface area contributed by atoms with Crippen LogP contribution in [0.2, 0.25) is 0 Å². The third-order valence-corrected chi connectivity index (χ3v) is 3.24. The molecule has 1 heterocycles. The first-order chi connectivity index (χ1) is 9.51. The Kier molecular flexibility index (Phi) is 4.39. The van der Waals surface area contributed by atoms with Gasteiger partial charge in [0.2, 0.25) is 5.91 Å². The Morgan fingerprint density at radius 3 is 2.95 bits per heavy atom. The molecular weight excluding hydrogens is 259 g/mol. The normalized spacial score (nSPS) is 12.6. The van der Waals surface area contributed by atoms with Gasteiger partial charge < -0.3 is 15.0 Å². The number of fused-ring (bicyclic) bond motifs is 1. The van der Waals surface area contributed by atoms with Crippen molar-refractivity contribution in [1.82, 2.24) is 10.3 Å². The molecule has 0 saturated heterocycles. The van der Waals surface area contributed by atoms with E-state index in [1.165, 1.54) is 12.1 Å². The molecule has 0 spiro atoms. The summed E-state index contributed by atoms with van der Waals surface area (Å²) in [6.45, 7) is 4.23. The van der Waals surface area contributed by atoms with Gasteiger partial charge in [-0.2, -0.15) is 0 Å². The van der Waals surface area contributed by atoms with E-state index < -0.39 is 0 Å². The van der Waals surface area contributed by atoms with Crippen LogP contribution in [0.15, 0.2) is 18.2 Å². The van der Waals surface area contributed by atoms with E-state index in [0.29, 0.717) is 6.61 Å². The number of H-pyrrole nitrogens is 1. The summed E-state index contributed by atoms with van der Waals surface area (Å²) in [7, 11) is 1.59. The molecule has 0 bridgehead atoms. The van der Waals surface area contributed by atoms with Crippen molar-refractivity contribution in [3.05, 3.63) is 35.3 Å². The molecule has 2 rings (SSSR count). The number of ether oxygens (including phenoxy) is 1. The summed E-state index contributed by atoms with van der Waals surface area (Å²) < 4.78 is 18.3. The van der Waals surface area contributed by atoms with Crippen molar-refractivity contribution in [1.29, 1.82) is 0 Å². The van der Waals surface area contributed by atoms with Gasteiger partial charge in [-0.1, -0.05) is 0 Å². The van der Waals surface area contributed by atoms with Crippen molar-refractivity contribution in [3.63, 3.8) is 0 Å². The molecule has 1 amide bonds. The number of benzene rings is 1. The zero-order chi connectivity index (χ0) is 14.7. The molecule has 0 fully saturated rings. The Labute approximate surface area is 117 Å². The van der Waals surface area contributed by atoms with Gasteiger partial charge in [-0.25, -0.2) is 4.39 Å². The number of aromatic nitrogens is 1. The van der Waals surface area contributed by atoms with Gasteiger partial charge in [0.25, 0.3) is 0 Å². The Morgan fingerprint density at radius 2 is 2.25 bits per heavy atom. The fraction of sp³-hybridized carbons (Fsp3) is 0.400. The molecule has 0 aliphatic carbocycles. The van der Waals surface area contributed by atoms with Crippen LogP contribution in [0.4, 0.5) is 4.39 Å². The minimum atomic E-state index is -0.300. The molecule has 4 nitrogen and oxygen atoms in total. The van der Waals surface area contributed by atoms with Gasteiger partial charge >= 0.3 is 0 Å². The van der Waals surface area contributed by atoms with Crippen LogP contribution in [-0.2, 0) is 16.0 Å². The lowest BCUT2D eigenvalue weighted by Gasteiger charge is -2.12. The predicted octanol–water partition coefficient (Wildman–Crippen LogP) is 2.31. The number of aromatic amines is 1. The molecule has 0 aliphatic heterocycles. The maximum Gasteiger partial charge on any atom is 0.224 e. The minimum absolute atomic E-state index is 0.0465. The van der Waals surface area contributed by atoms with Crippen molar-refractivity contribution < 1.29 is 13.9 Å². The monoisotopic (exact) mass is 278 g/mol. The summed E-state index contributed by atoms with van der Waals surface area (Å²) in [5.41, 5.74) is 2.57. The SMILES string of the molecule is COC[C@H](C)NC(=O)Cc1c(C)[nH]c2ccc(F)cc12. The second-order valence-corrected chi connectivity index (χ2v) is 5.02. The van der Waals surface area contributed by atoms with Crippen molar-refractivity contribution in [2.45, 2.75) is 26.3 Å². The minimum Gasteiger partial charge on any atom is -0.383 e. The van der Waals surface area contributed by atoms with E-state index in [1.54, 1.807) is 13.2 Å². The topological polar surface area (TPSA) is 54.1 Å². The second kappa shape index (κ2) is 6.05. The zero-order valence-electron chi connectivity index (χ0n) is 11.9. The number of amides is 1. The molecule has 0 radical (unpaired) electrons. The number of halogens is 1. The smallest absolute Gasteiger partial charge is 0.224 e. The number of carbonyl (C=O) groups excluding carboxylic acids is 1. The standard InChI is InChI=1S/C15H19FN2O2/c1-9(8-20-3)17-15(19)7-12-10(2)18-14-5-4-11(16)6-13(12)14/h4-6,9,18H,7-8H2,1-3H3,(H,17,19)/t9-/m0/s1. The van der Waals surface area contributed by atoms with Gasteiger partial charge in [0.1, 0.15) is 5.82 Å². The van der Waals surface area contributed by atoms with Crippen molar-refractivity contribution in [2.75, 3.05) is 13.7 Å². The van der Waals surface area contributed by atoms with Crippen LogP contribution in [0.5, 0.6) is 0 Å². The van der Waals surface area contributed by atoms with Crippen molar-refractivity contribution in [3.8, 4) is 0 Å². The van der Waals surface area contributed by atoms with Gasteiger partial charge in [0.05, 0.1) is 13.0 Å². The summed E-state index contributed by atoms with van der Waals surface area (Å²) in [5.74, 6) is -0.395. The number of carbonyl (C=O) groups is 1. The fourth-order valence-corrected chi connectivity index (χ4v) is 2.36. The van der Waals surface area contributed by atoms with E-state index in [0.717, 1.165) is 22.2 Å². The number of hydrogen-bond donors (Lipinski definition) is 2. The van der Waals surface area contributed by atoms with Gasteiger partial charge in [0, 0.05) is 29.7 Å². The van der Waals surface area contributed by atoms with Crippen LogP contribution in [-0.4, -0.2) is 30.6 Å². The molecule has 0 unspecified atom stereocenters. The number of aryl methyl sites for hydroxylation is 1. The molecule has 1 aromatic heterocycles. The van der Waals surface area contributed by atoms with Crippen molar-refractivity contribution in [2.24, 2.45) is 0 Å². The Hall–Kier alpha value is -1.88. The Balaban J connectivity index is 2.18. The molecule has 0 saturated carbocycles. The van der Waals surface area contributed by atoms with E-state index in [9.17, 15) is 9.18 Å². The van der Waals surface area contributed by atoms with Crippen LogP contribution in [0, 0.1) is 12.7 Å². The second-order valence-electron chi connectivity index (χ2n) is 5.02. The van der Waals surface area contributed by atoms with E-state index in [2.05, 4.69) is 10.3 Å². The van der Waals surface area contributed by atoms with Gasteiger partial charge in [-0.05, 0) is 37.6 Å². The highest BCUT2D eigenvalue weighted by Crippen LogP contribution is 2.23. The first-order valence-corrected chi connectivity index (χ1v) is 6.56. The maximum absolute atomic E-state index is 13.3. The molecule has 1 aromatic carbocycles. The van der Waals surface area contributed by atoms with Gasteiger partial charge in [0.15, 0.2) is 0 Å². The molecule has 5 heteroatoms. The van der Waals surface area contributed by atoms with Crippen LogP contribution >= 0.6 is 0 Å². The van der Waals surface area contributed by atoms with E-state index in [-0.39, 0.29) is 24.2 Å². The summed E-state index contributed by atoms with van der Waals surface area (Å²) >= 11 is 0. The lowest BCUT2D eigenvalue weighted by Crippen LogP contribution is -2.36. The molecule has 2 N–H and O–H groups in total. The molecule has 2 aromatic rings. The van der Waals surface area contributed by atoms with Crippen LogP contribution in [0.1, 0.15) is 18.2 Å². The summed E-state index contributed by atoms with van der Waals surface area (Å²) in [6.07, 6.45) is 0.226. The first kappa shape index (κ1) is 14.5. The lowest BCUT2D eigenvalue weighted by molar-refractivity contribution is -0.121. The van der Waals surface area contributed by atoms with E-state index >= 15 is 0 Å². The highest BCUT2D eigenvalue weighted by molar-refractivity contribution is 5.90. The maximum atomic E-state index is 13.3. The summed E-state index contributed by atoms with van der Waals surface area (Å²) in [6, 6.07) is 4.50. The Morgan fingerprint density at radius 1 is 1.50 bits per heavy atom. The molecular formula is C15H19FN2O2. The summed E-state index contributed by atoms with van der Waals surface area (Å²) in [4.78, 5) is 15.2. The lowest BCUT2D eigenvalue weighted by atomic mass is 10.1. The predicted molar refractivity (Wildman–Crippen MR) is 76.2 cm³/mol. The quantitative estimate of drug-likeness (QED) is 0.882. The van der Waals surface area contributed by atoms with Crippen LogP contribution in [0.3, 0.4) is 0 Å². The van der Waals surface area contributed by atoms with Crippen LogP contribution < -0.4 is 5.32 Å². The average Bonchev–Trinajstić information content (AvgIpc) is 2.66. The largest absolute Gasteiger partial charge is 0.383 e. The van der Waals surface area contributed by atoms with Gasteiger partial charge in [-0.3, -0.25) is 4.79 Å². The highest BCUT2D eigenvalue weighted by Gasteiger charge is 2.14. The molecule has 20 heavy (non-hydrogen) atoms. The molecule has 1 atom stereocenters. The summed E-state index contributed by atoms with van der Waals surface area (Å²) in [5, 5.41) is 3.62. The third kappa shape index (κ3) is 3.17. The van der Waals surface area contributed by atoms with E-state index in [4.69, 9.17) is 4.74 Å². The Bertz CT molecular complexity index is 622. The van der Waals surface area contributed by atoms with E-state index in [1.807, 2.05) is 13.8 Å².